The fourth-order valence-corrected chi connectivity index (χ4v) is 1.83. The van der Waals surface area contributed by atoms with Crippen molar-refractivity contribution in [1.82, 2.24) is 9.88 Å². The molecule has 0 spiro atoms. The van der Waals surface area contributed by atoms with Gasteiger partial charge in [0.15, 0.2) is 0 Å². The summed E-state index contributed by atoms with van der Waals surface area (Å²) in [5.74, 6) is -0.0349. The molecule has 0 radical (unpaired) electrons. The van der Waals surface area contributed by atoms with Crippen molar-refractivity contribution in [3.05, 3.63) is 27.9 Å². The molecular formula is C9H13N5O2. The highest BCUT2D eigenvalue weighted by Gasteiger charge is 2.27. The van der Waals surface area contributed by atoms with Gasteiger partial charge in [-0.1, -0.05) is 0 Å². The van der Waals surface area contributed by atoms with Gasteiger partial charge < -0.3 is 11.5 Å². The van der Waals surface area contributed by atoms with E-state index < -0.39 is 4.92 Å². The summed E-state index contributed by atoms with van der Waals surface area (Å²) in [4.78, 5) is 16.1. The van der Waals surface area contributed by atoms with Crippen LogP contribution in [0.1, 0.15) is 5.56 Å². The van der Waals surface area contributed by atoms with E-state index in [4.69, 9.17) is 11.5 Å². The summed E-state index contributed by atoms with van der Waals surface area (Å²) in [6.07, 6.45) is 1.48. The zero-order valence-electron chi connectivity index (χ0n) is 8.67. The molecule has 0 aliphatic carbocycles. The monoisotopic (exact) mass is 223 g/mol. The Labute approximate surface area is 92.2 Å². The molecular weight excluding hydrogens is 210 g/mol. The minimum atomic E-state index is -0.489. The predicted molar refractivity (Wildman–Crippen MR) is 58.6 cm³/mol. The van der Waals surface area contributed by atoms with E-state index in [-0.39, 0.29) is 17.5 Å². The molecule has 0 aromatic carbocycles. The van der Waals surface area contributed by atoms with Crippen molar-refractivity contribution in [3.8, 4) is 0 Å². The quantitative estimate of drug-likeness (QED) is 0.538. The van der Waals surface area contributed by atoms with Crippen molar-refractivity contribution >= 4 is 11.5 Å². The smallest absolute Gasteiger partial charge is 0.315 e. The van der Waals surface area contributed by atoms with Crippen molar-refractivity contribution in [2.75, 3.05) is 18.8 Å². The number of likely N-dealkylation sites (tertiary alicyclic amines) is 1. The molecule has 1 aromatic heterocycles. The third-order valence-electron chi connectivity index (χ3n) is 2.60. The van der Waals surface area contributed by atoms with Crippen LogP contribution in [-0.4, -0.2) is 33.9 Å². The van der Waals surface area contributed by atoms with Crippen LogP contribution < -0.4 is 11.5 Å². The molecule has 1 aromatic rings. The minimum absolute atomic E-state index is 0.0349. The molecule has 0 unspecified atom stereocenters. The summed E-state index contributed by atoms with van der Waals surface area (Å²) < 4.78 is 0. The average molecular weight is 223 g/mol. The molecule has 1 aliphatic rings. The molecule has 7 nitrogen and oxygen atoms in total. The van der Waals surface area contributed by atoms with Crippen LogP contribution in [0.2, 0.25) is 0 Å². The maximum Gasteiger partial charge on any atom is 0.315 e. The van der Waals surface area contributed by atoms with Crippen molar-refractivity contribution in [3.63, 3.8) is 0 Å². The van der Waals surface area contributed by atoms with Gasteiger partial charge in [-0.15, -0.1) is 0 Å². The number of aromatic nitrogens is 1. The highest BCUT2D eigenvalue weighted by Crippen LogP contribution is 2.26. The first kappa shape index (κ1) is 10.8. The van der Waals surface area contributed by atoms with Crippen molar-refractivity contribution < 1.29 is 4.92 Å². The molecule has 0 saturated carbocycles. The van der Waals surface area contributed by atoms with E-state index in [1.807, 2.05) is 4.90 Å². The molecule has 0 atom stereocenters. The maximum absolute atomic E-state index is 10.8. The third-order valence-corrected chi connectivity index (χ3v) is 2.60. The first-order chi connectivity index (χ1) is 7.58. The fourth-order valence-electron chi connectivity index (χ4n) is 1.83. The third kappa shape index (κ3) is 1.95. The highest BCUT2D eigenvalue weighted by atomic mass is 16.6. The van der Waals surface area contributed by atoms with Crippen LogP contribution in [0.15, 0.2) is 12.3 Å². The Morgan fingerprint density at radius 1 is 1.62 bits per heavy atom. The van der Waals surface area contributed by atoms with E-state index in [1.165, 1.54) is 6.20 Å². The standard InChI is InChI=1S/C9H13N5O2/c10-7-4-13(5-7)3-6-1-2-12-9(11)8(6)14(15)16/h1-2,7H,3-5,10H2,(H2,11,12). The Morgan fingerprint density at radius 3 is 2.88 bits per heavy atom. The zero-order valence-corrected chi connectivity index (χ0v) is 8.67. The first-order valence-corrected chi connectivity index (χ1v) is 4.93. The summed E-state index contributed by atoms with van der Waals surface area (Å²) >= 11 is 0. The van der Waals surface area contributed by atoms with Gasteiger partial charge in [0.1, 0.15) is 0 Å². The van der Waals surface area contributed by atoms with E-state index in [1.54, 1.807) is 6.07 Å². The lowest BCUT2D eigenvalue weighted by Gasteiger charge is -2.36. The molecule has 4 N–H and O–H groups in total. The Morgan fingerprint density at radius 2 is 2.31 bits per heavy atom. The van der Waals surface area contributed by atoms with Gasteiger partial charge in [0.2, 0.25) is 5.82 Å². The number of pyridine rings is 1. The van der Waals surface area contributed by atoms with Crippen LogP contribution in [0, 0.1) is 10.1 Å². The van der Waals surface area contributed by atoms with Gasteiger partial charge in [-0.2, -0.15) is 0 Å². The topological polar surface area (TPSA) is 111 Å². The maximum atomic E-state index is 10.8. The van der Waals surface area contributed by atoms with Crippen LogP contribution in [0.3, 0.4) is 0 Å². The molecule has 7 heteroatoms. The lowest BCUT2D eigenvalue weighted by Crippen LogP contribution is -2.54. The largest absolute Gasteiger partial charge is 0.378 e. The van der Waals surface area contributed by atoms with E-state index in [0.29, 0.717) is 12.1 Å². The molecule has 0 amide bonds. The van der Waals surface area contributed by atoms with Crippen LogP contribution >= 0.6 is 0 Å². The molecule has 16 heavy (non-hydrogen) atoms. The minimum Gasteiger partial charge on any atom is -0.378 e. The van der Waals surface area contributed by atoms with Gasteiger partial charge in [-0.25, -0.2) is 4.98 Å². The number of nitrogens with two attached hydrogens (primary N) is 2. The molecule has 2 rings (SSSR count). The van der Waals surface area contributed by atoms with Crippen LogP contribution in [-0.2, 0) is 6.54 Å². The first-order valence-electron chi connectivity index (χ1n) is 4.93. The van der Waals surface area contributed by atoms with Gasteiger partial charge in [-0.3, -0.25) is 15.0 Å². The number of hydrogen-bond acceptors (Lipinski definition) is 6. The molecule has 1 saturated heterocycles. The van der Waals surface area contributed by atoms with Crippen LogP contribution in [0.5, 0.6) is 0 Å². The van der Waals surface area contributed by atoms with Gasteiger partial charge in [0.05, 0.1) is 4.92 Å². The number of nitrogen functional groups attached to an aromatic ring is 1. The van der Waals surface area contributed by atoms with Crippen LogP contribution in [0.25, 0.3) is 0 Å². The van der Waals surface area contributed by atoms with Crippen molar-refractivity contribution in [2.24, 2.45) is 5.73 Å². The summed E-state index contributed by atoms with van der Waals surface area (Å²) in [6.45, 7) is 2.02. The molecule has 86 valence electrons. The zero-order chi connectivity index (χ0) is 11.7. The highest BCUT2D eigenvalue weighted by molar-refractivity contribution is 5.57. The number of anilines is 1. The Bertz CT molecular complexity index is 416. The van der Waals surface area contributed by atoms with Crippen LogP contribution in [0.4, 0.5) is 11.5 Å². The Balaban J connectivity index is 2.19. The second-order valence-electron chi connectivity index (χ2n) is 3.92. The van der Waals surface area contributed by atoms with Gasteiger partial charge >= 0.3 is 5.69 Å². The van der Waals surface area contributed by atoms with E-state index >= 15 is 0 Å². The van der Waals surface area contributed by atoms with Gasteiger partial charge in [0.25, 0.3) is 0 Å². The lowest BCUT2D eigenvalue weighted by atomic mass is 10.1. The summed E-state index contributed by atoms with van der Waals surface area (Å²) in [7, 11) is 0. The average Bonchev–Trinajstić information content (AvgIpc) is 2.14. The van der Waals surface area contributed by atoms with Crippen molar-refractivity contribution in [2.45, 2.75) is 12.6 Å². The predicted octanol–water partition coefficient (Wildman–Crippen LogP) is -0.285. The Hall–Kier alpha value is -1.73. The molecule has 1 aliphatic heterocycles. The number of hydrogen-bond donors (Lipinski definition) is 2. The molecule has 1 fully saturated rings. The summed E-state index contributed by atoms with van der Waals surface area (Å²) in [6, 6.07) is 1.80. The number of nitrogens with zero attached hydrogens (tertiary/aromatic N) is 3. The normalized spacial score (nSPS) is 17.1. The second-order valence-corrected chi connectivity index (χ2v) is 3.92. The van der Waals surface area contributed by atoms with E-state index in [2.05, 4.69) is 4.98 Å². The molecule has 2 heterocycles. The van der Waals surface area contributed by atoms with E-state index in [9.17, 15) is 10.1 Å². The van der Waals surface area contributed by atoms with Gasteiger partial charge in [-0.05, 0) is 6.07 Å². The fraction of sp³-hybridized carbons (Fsp3) is 0.444. The summed E-state index contributed by atoms with van der Waals surface area (Å²) in [5, 5.41) is 10.8. The van der Waals surface area contributed by atoms with E-state index in [0.717, 1.165) is 13.1 Å². The number of rotatable bonds is 3. The lowest BCUT2D eigenvalue weighted by molar-refractivity contribution is -0.385. The SMILES string of the molecule is Nc1nccc(CN2CC(N)C2)c1[N+](=O)[O-]. The van der Waals surface area contributed by atoms with Gasteiger partial charge in [0, 0.05) is 37.4 Å². The molecule has 0 bridgehead atoms. The second kappa shape index (κ2) is 4.03. The summed E-state index contributed by atoms with van der Waals surface area (Å²) in [5.41, 5.74) is 11.6. The Kier molecular flexibility index (Phi) is 2.71. The number of nitro groups is 1. The van der Waals surface area contributed by atoms with Crippen molar-refractivity contribution in [1.29, 1.82) is 0 Å².